The Hall–Kier alpha value is -1.14. The van der Waals surface area contributed by atoms with Gasteiger partial charge in [0.25, 0.3) is 0 Å². The summed E-state index contributed by atoms with van der Waals surface area (Å²) in [5, 5.41) is 6.50. The predicted molar refractivity (Wildman–Crippen MR) is 90.0 cm³/mol. The number of guanidine groups is 1. The number of rotatable bonds is 8. The molecule has 120 valence electrons. The van der Waals surface area contributed by atoms with Gasteiger partial charge in [-0.2, -0.15) is 0 Å². The van der Waals surface area contributed by atoms with E-state index in [4.69, 9.17) is 4.74 Å². The van der Waals surface area contributed by atoms with Crippen LogP contribution in [-0.4, -0.2) is 49.2 Å². The second-order valence-electron chi connectivity index (χ2n) is 5.42. The van der Waals surface area contributed by atoms with Crippen LogP contribution in [0.3, 0.4) is 0 Å². The summed E-state index contributed by atoms with van der Waals surface area (Å²) in [6.07, 6.45) is 0. The standard InChI is InChI=1S/C15H28N4OS/c1-6-16-15(17-7-8-20-10-12(2)3)19(5)9-14-11-21-13(4)18-14/h11-12H,6-10H2,1-5H3,(H,16,17). The highest BCUT2D eigenvalue weighted by Crippen LogP contribution is 2.09. The van der Waals surface area contributed by atoms with E-state index >= 15 is 0 Å². The molecule has 0 bridgehead atoms. The average molecular weight is 312 g/mol. The third-order valence-corrected chi connectivity index (χ3v) is 3.53. The number of nitrogens with zero attached hydrogens (tertiary/aromatic N) is 3. The van der Waals surface area contributed by atoms with Gasteiger partial charge in [0, 0.05) is 25.6 Å². The Morgan fingerprint density at radius 2 is 2.29 bits per heavy atom. The third kappa shape index (κ3) is 7.43. The number of hydrogen-bond acceptors (Lipinski definition) is 4. The van der Waals surface area contributed by atoms with Crippen LogP contribution in [0.15, 0.2) is 10.4 Å². The predicted octanol–water partition coefficient (Wildman–Crippen LogP) is 2.52. The second-order valence-corrected chi connectivity index (χ2v) is 6.48. The van der Waals surface area contributed by atoms with Crippen molar-refractivity contribution in [2.75, 3.05) is 33.4 Å². The van der Waals surface area contributed by atoms with Gasteiger partial charge >= 0.3 is 0 Å². The van der Waals surface area contributed by atoms with Crippen LogP contribution in [0.25, 0.3) is 0 Å². The summed E-state index contributed by atoms with van der Waals surface area (Å²) in [7, 11) is 2.03. The van der Waals surface area contributed by atoms with Crippen LogP contribution in [0.1, 0.15) is 31.5 Å². The summed E-state index contributed by atoms with van der Waals surface area (Å²) in [5.41, 5.74) is 1.08. The SMILES string of the molecule is CCNC(=NCCOCC(C)C)N(C)Cc1csc(C)n1. The highest BCUT2D eigenvalue weighted by molar-refractivity contribution is 7.09. The van der Waals surface area contributed by atoms with Gasteiger partial charge in [-0.05, 0) is 19.8 Å². The summed E-state index contributed by atoms with van der Waals surface area (Å²) < 4.78 is 5.56. The smallest absolute Gasteiger partial charge is 0.194 e. The van der Waals surface area contributed by atoms with Gasteiger partial charge in [-0.25, -0.2) is 4.98 Å². The third-order valence-electron chi connectivity index (χ3n) is 2.71. The van der Waals surface area contributed by atoms with Crippen molar-refractivity contribution in [1.29, 1.82) is 0 Å². The number of hydrogen-bond donors (Lipinski definition) is 1. The molecule has 0 unspecified atom stereocenters. The highest BCUT2D eigenvalue weighted by Gasteiger charge is 2.08. The van der Waals surface area contributed by atoms with E-state index in [1.165, 1.54) is 0 Å². The first-order chi connectivity index (χ1) is 10.0. The molecule has 5 nitrogen and oxygen atoms in total. The Morgan fingerprint density at radius 1 is 1.52 bits per heavy atom. The monoisotopic (exact) mass is 312 g/mol. The minimum absolute atomic E-state index is 0.567. The zero-order chi connectivity index (χ0) is 15.7. The van der Waals surface area contributed by atoms with Crippen molar-refractivity contribution in [2.45, 2.75) is 34.2 Å². The van der Waals surface area contributed by atoms with Crippen LogP contribution in [0.2, 0.25) is 0 Å². The van der Waals surface area contributed by atoms with Crippen molar-refractivity contribution in [2.24, 2.45) is 10.9 Å². The van der Waals surface area contributed by atoms with Crippen LogP contribution >= 0.6 is 11.3 Å². The largest absolute Gasteiger partial charge is 0.379 e. The van der Waals surface area contributed by atoms with Gasteiger partial charge in [-0.1, -0.05) is 13.8 Å². The van der Waals surface area contributed by atoms with Gasteiger partial charge in [-0.3, -0.25) is 4.99 Å². The molecular formula is C15H28N4OS. The molecule has 0 aromatic carbocycles. The number of ether oxygens (including phenoxy) is 1. The molecule has 0 saturated carbocycles. The van der Waals surface area contributed by atoms with E-state index in [-0.39, 0.29) is 0 Å². The van der Waals surface area contributed by atoms with Crippen LogP contribution < -0.4 is 5.32 Å². The van der Waals surface area contributed by atoms with E-state index in [1.54, 1.807) is 11.3 Å². The van der Waals surface area contributed by atoms with Crippen molar-refractivity contribution in [3.05, 3.63) is 16.1 Å². The molecule has 21 heavy (non-hydrogen) atoms. The maximum atomic E-state index is 5.56. The lowest BCUT2D eigenvalue weighted by Gasteiger charge is -2.21. The average Bonchev–Trinajstić information content (AvgIpc) is 2.82. The molecule has 0 aliphatic heterocycles. The van der Waals surface area contributed by atoms with Crippen LogP contribution in [-0.2, 0) is 11.3 Å². The van der Waals surface area contributed by atoms with E-state index in [9.17, 15) is 0 Å². The van der Waals surface area contributed by atoms with Crippen molar-refractivity contribution in [3.63, 3.8) is 0 Å². The molecule has 0 aliphatic rings. The molecule has 0 spiro atoms. The van der Waals surface area contributed by atoms with E-state index in [2.05, 4.69) is 46.3 Å². The fourth-order valence-corrected chi connectivity index (χ4v) is 2.41. The number of aliphatic imine (C=N–C) groups is 1. The van der Waals surface area contributed by atoms with E-state index in [0.29, 0.717) is 19.1 Å². The maximum absolute atomic E-state index is 5.56. The second kappa shape index (κ2) is 9.73. The van der Waals surface area contributed by atoms with Crippen LogP contribution in [0.4, 0.5) is 0 Å². The van der Waals surface area contributed by atoms with Gasteiger partial charge in [0.1, 0.15) is 0 Å². The Labute approximate surface area is 132 Å². The van der Waals surface area contributed by atoms with E-state index < -0.39 is 0 Å². The first-order valence-electron chi connectivity index (χ1n) is 7.51. The molecule has 0 saturated heterocycles. The van der Waals surface area contributed by atoms with Gasteiger partial charge in [-0.15, -0.1) is 11.3 Å². The minimum Gasteiger partial charge on any atom is -0.379 e. The molecule has 1 rings (SSSR count). The Balaban J connectivity index is 2.46. The Morgan fingerprint density at radius 3 is 2.86 bits per heavy atom. The fourth-order valence-electron chi connectivity index (χ4n) is 1.80. The lowest BCUT2D eigenvalue weighted by molar-refractivity contribution is 0.116. The van der Waals surface area contributed by atoms with Gasteiger partial charge in [0.2, 0.25) is 0 Å². The number of thiazole rings is 1. The molecule has 0 atom stereocenters. The minimum atomic E-state index is 0.567. The first kappa shape index (κ1) is 17.9. The van der Waals surface area contributed by atoms with Gasteiger partial charge < -0.3 is 15.0 Å². The summed E-state index contributed by atoms with van der Waals surface area (Å²) in [4.78, 5) is 11.2. The number of aryl methyl sites for hydroxylation is 1. The molecule has 1 heterocycles. The van der Waals surface area contributed by atoms with Crippen LogP contribution in [0, 0.1) is 12.8 Å². The quantitative estimate of drug-likeness (QED) is 0.455. The number of aromatic nitrogens is 1. The van der Waals surface area contributed by atoms with Crippen molar-refractivity contribution in [3.8, 4) is 0 Å². The van der Waals surface area contributed by atoms with Gasteiger partial charge in [0.05, 0.1) is 30.4 Å². The summed E-state index contributed by atoms with van der Waals surface area (Å²) in [6.45, 7) is 12.2. The molecule has 1 N–H and O–H groups in total. The lowest BCUT2D eigenvalue weighted by Crippen LogP contribution is -2.38. The lowest BCUT2D eigenvalue weighted by atomic mass is 10.2. The van der Waals surface area contributed by atoms with E-state index in [0.717, 1.165) is 36.4 Å². The highest BCUT2D eigenvalue weighted by atomic mass is 32.1. The van der Waals surface area contributed by atoms with Crippen molar-refractivity contribution in [1.82, 2.24) is 15.2 Å². The molecule has 0 aliphatic carbocycles. The molecule has 1 aromatic heterocycles. The maximum Gasteiger partial charge on any atom is 0.194 e. The van der Waals surface area contributed by atoms with Crippen molar-refractivity contribution >= 4 is 17.3 Å². The summed E-state index contributed by atoms with van der Waals surface area (Å²) in [6, 6.07) is 0. The first-order valence-corrected chi connectivity index (χ1v) is 8.39. The summed E-state index contributed by atoms with van der Waals surface area (Å²) in [5.74, 6) is 1.47. The van der Waals surface area contributed by atoms with Crippen LogP contribution in [0.5, 0.6) is 0 Å². The fraction of sp³-hybridized carbons (Fsp3) is 0.733. The molecule has 0 radical (unpaired) electrons. The topological polar surface area (TPSA) is 49.8 Å². The normalized spacial score (nSPS) is 12.0. The molecule has 6 heteroatoms. The Kier molecular flexibility index (Phi) is 8.30. The van der Waals surface area contributed by atoms with E-state index in [1.807, 2.05) is 14.0 Å². The van der Waals surface area contributed by atoms with Crippen molar-refractivity contribution < 1.29 is 4.74 Å². The van der Waals surface area contributed by atoms with Gasteiger partial charge in [0.15, 0.2) is 5.96 Å². The zero-order valence-electron chi connectivity index (χ0n) is 13.8. The Bertz CT molecular complexity index is 431. The molecule has 0 fully saturated rings. The molecule has 0 amide bonds. The number of nitrogens with one attached hydrogen (secondary N) is 1. The molecule has 1 aromatic rings. The molecular weight excluding hydrogens is 284 g/mol. The zero-order valence-corrected chi connectivity index (χ0v) is 14.7. The summed E-state index contributed by atoms with van der Waals surface area (Å²) >= 11 is 1.68.